The Morgan fingerprint density at radius 2 is 1.91 bits per heavy atom. The lowest BCUT2D eigenvalue weighted by atomic mass is 10.1. The van der Waals surface area contributed by atoms with Gasteiger partial charge in [-0.3, -0.25) is 14.9 Å². The van der Waals surface area contributed by atoms with Gasteiger partial charge in [0.05, 0.1) is 16.7 Å². The lowest BCUT2D eigenvalue weighted by Gasteiger charge is -2.03. The average molecular weight is 297 g/mol. The molecule has 0 saturated heterocycles. The van der Waals surface area contributed by atoms with Crippen molar-refractivity contribution in [2.24, 2.45) is 5.10 Å². The molecule has 112 valence electrons. The van der Waals surface area contributed by atoms with E-state index in [2.05, 4.69) is 10.5 Å². The van der Waals surface area contributed by atoms with Crippen LogP contribution in [0, 0.1) is 24.0 Å². The molecule has 0 radical (unpaired) electrons. The van der Waals surface area contributed by atoms with E-state index in [1.54, 1.807) is 30.3 Å². The van der Waals surface area contributed by atoms with Crippen LogP contribution in [-0.4, -0.2) is 17.0 Å². The minimum absolute atomic E-state index is 0.0633. The van der Waals surface area contributed by atoms with Gasteiger partial charge < -0.3 is 0 Å². The van der Waals surface area contributed by atoms with E-state index >= 15 is 0 Å². The predicted molar refractivity (Wildman–Crippen MR) is 84.1 cm³/mol. The number of nitrogens with zero attached hydrogens (tertiary/aromatic N) is 2. The number of carbonyl (C=O) groups is 1. The molecule has 0 aromatic heterocycles. The van der Waals surface area contributed by atoms with Crippen LogP contribution in [0.4, 0.5) is 5.69 Å². The molecule has 0 bridgehead atoms. The third-order valence-corrected chi connectivity index (χ3v) is 3.27. The Hall–Kier alpha value is -3.02. The van der Waals surface area contributed by atoms with Gasteiger partial charge in [0.2, 0.25) is 0 Å². The van der Waals surface area contributed by atoms with Gasteiger partial charge in [-0.1, -0.05) is 18.2 Å². The fraction of sp³-hybridized carbons (Fsp3) is 0.125. The summed E-state index contributed by atoms with van der Waals surface area (Å²) in [5, 5.41) is 14.7. The summed E-state index contributed by atoms with van der Waals surface area (Å²) in [4.78, 5) is 22.3. The number of benzene rings is 2. The Labute approximate surface area is 127 Å². The molecule has 0 spiro atoms. The SMILES string of the molecule is Cc1ccc(C(=O)N/N=C/c2ccccc2[N+](=O)[O-])cc1C. The van der Waals surface area contributed by atoms with Crippen molar-refractivity contribution < 1.29 is 9.72 Å². The average Bonchev–Trinajstić information content (AvgIpc) is 2.50. The first-order chi connectivity index (χ1) is 10.5. The molecule has 0 atom stereocenters. The maximum Gasteiger partial charge on any atom is 0.278 e. The van der Waals surface area contributed by atoms with Crippen LogP contribution >= 0.6 is 0 Å². The standard InChI is InChI=1S/C16H15N3O3/c1-11-7-8-13(9-12(11)2)16(20)18-17-10-14-5-3-4-6-15(14)19(21)22/h3-10H,1-2H3,(H,18,20)/b17-10+. The minimum atomic E-state index is -0.494. The molecule has 0 heterocycles. The van der Waals surface area contributed by atoms with Gasteiger partial charge in [0.1, 0.15) is 0 Å². The Balaban J connectivity index is 2.11. The Morgan fingerprint density at radius 3 is 2.59 bits per heavy atom. The summed E-state index contributed by atoms with van der Waals surface area (Å²) in [6, 6.07) is 11.5. The van der Waals surface area contributed by atoms with E-state index in [4.69, 9.17) is 0 Å². The molecule has 0 fully saturated rings. The van der Waals surface area contributed by atoms with Crippen LogP contribution in [0.5, 0.6) is 0 Å². The highest BCUT2D eigenvalue weighted by Crippen LogP contribution is 2.15. The van der Waals surface area contributed by atoms with Crippen molar-refractivity contribution in [3.63, 3.8) is 0 Å². The number of hydrogen-bond donors (Lipinski definition) is 1. The zero-order valence-corrected chi connectivity index (χ0v) is 12.2. The van der Waals surface area contributed by atoms with Gasteiger partial charge in [0.15, 0.2) is 0 Å². The van der Waals surface area contributed by atoms with Crippen LogP contribution in [0.3, 0.4) is 0 Å². The third kappa shape index (κ3) is 3.54. The molecule has 2 rings (SSSR count). The number of hydrogen-bond acceptors (Lipinski definition) is 4. The highest BCUT2D eigenvalue weighted by molar-refractivity contribution is 5.95. The second-order valence-electron chi connectivity index (χ2n) is 4.81. The number of carbonyl (C=O) groups excluding carboxylic acids is 1. The quantitative estimate of drug-likeness (QED) is 0.535. The highest BCUT2D eigenvalue weighted by Gasteiger charge is 2.10. The van der Waals surface area contributed by atoms with Gasteiger partial charge in [0, 0.05) is 11.6 Å². The lowest BCUT2D eigenvalue weighted by molar-refractivity contribution is -0.385. The Kier molecular flexibility index (Phi) is 4.63. The van der Waals surface area contributed by atoms with Crippen molar-refractivity contribution in [3.05, 3.63) is 74.8 Å². The summed E-state index contributed by atoms with van der Waals surface area (Å²) in [5.74, 6) is -0.363. The van der Waals surface area contributed by atoms with Crippen molar-refractivity contribution in [3.8, 4) is 0 Å². The second-order valence-corrected chi connectivity index (χ2v) is 4.81. The van der Waals surface area contributed by atoms with Gasteiger partial charge in [0.25, 0.3) is 11.6 Å². The largest absolute Gasteiger partial charge is 0.278 e. The van der Waals surface area contributed by atoms with Crippen molar-refractivity contribution in [2.75, 3.05) is 0 Å². The van der Waals surface area contributed by atoms with Gasteiger partial charge in [-0.25, -0.2) is 5.43 Å². The van der Waals surface area contributed by atoms with E-state index in [0.717, 1.165) is 11.1 Å². The maximum absolute atomic E-state index is 12.0. The molecule has 0 saturated carbocycles. The predicted octanol–water partition coefficient (Wildman–Crippen LogP) is 2.98. The molecule has 2 aromatic rings. The highest BCUT2D eigenvalue weighted by atomic mass is 16.6. The number of amides is 1. The van der Waals surface area contributed by atoms with Gasteiger partial charge >= 0.3 is 0 Å². The molecule has 0 aliphatic carbocycles. The Bertz CT molecular complexity index is 754. The van der Waals surface area contributed by atoms with Crippen LogP contribution in [-0.2, 0) is 0 Å². The van der Waals surface area contributed by atoms with E-state index in [1.165, 1.54) is 12.3 Å². The van der Waals surface area contributed by atoms with E-state index in [-0.39, 0.29) is 11.6 Å². The third-order valence-electron chi connectivity index (χ3n) is 3.27. The fourth-order valence-electron chi connectivity index (χ4n) is 1.87. The van der Waals surface area contributed by atoms with Crippen LogP contribution in [0.1, 0.15) is 27.0 Å². The van der Waals surface area contributed by atoms with Crippen molar-refractivity contribution in [2.45, 2.75) is 13.8 Å². The molecular weight excluding hydrogens is 282 g/mol. The summed E-state index contributed by atoms with van der Waals surface area (Å²) in [6.07, 6.45) is 1.26. The molecule has 6 heteroatoms. The maximum atomic E-state index is 12.0. The second kappa shape index (κ2) is 6.62. The topological polar surface area (TPSA) is 84.6 Å². The molecule has 2 aromatic carbocycles. The molecule has 6 nitrogen and oxygen atoms in total. The zero-order chi connectivity index (χ0) is 16.1. The van der Waals surface area contributed by atoms with Crippen LogP contribution < -0.4 is 5.43 Å². The Morgan fingerprint density at radius 1 is 1.18 bits per heavy atom. The van der Waals surface area contributed by atoms with Crippen LogP contribution in [0.25, 0.3) is 0 Å². The summed E-state index contributed by atoms with van der Waals surface area (Å²) >= 11 is 0. The molecule has 0 aliphatic rings. The van der Waals surface area contributed by atoms with Gasteiger partial charge in [-0.2, -0.15) is 5.10 Å². The van der Waals surface area contributed by atoms with Crippen molar-refractivity contribution in [1.29, 1.82) is 0 Å². The number of aryl methyl sites for hydroxylation is 2. The fourth-order valence-corrected chi connectivity index (χ4v) is 1.87. The van der Waals surface area contributed by atoms with E-state index < -0.39 is 4.92 Å². The lowest BCUT2D eigenvalue weighted by Crippen LogP contribution is -2.17. The number of nitro groups is 1. The summed E-state index contributed by atoms with van der Waals surface area (Å²) in [5.41, 5.74) is 5.23. The van der Waals surface area contributed by atoms with E-state index in [1.807, 2.05) is 19.9 Å². The van der Waals surface area contributed by atoms with Crippen LogP contribution in [0.2, 0.25) is 0 Å². The van der Waals surface area contributed by atoms with Gasteiger partial charge in [-0.05, 0) is 43.2 Å². The monoisotopic (exact) mass is 297 g/mol. The minimum Gasteiger partial charge on any atom is -0.267 e. The molecule has 1 N–H and O–H groups in total. The first-order valence-corrected chi connectivity index (χ1v) is 6.63. The number of para-hydroxylation sites is 1. The summed E-state index contributed by atoms with van der Waals surface area (Å²) < 4.78 is 0. The first kappa shape index (κ1) is 15.4. The van der Waals surface area contributed by atoms with Crippen LogP contribution in [0.15, 0.2) is 47.6 Å². The van der Waals surface area contributed by atoms with Crippen molar-refractivity contribution in [1.82, 2.24) is 5.43 Å². The molecule has 0 unspecified atom stereocenters. The normalized spacial score (nSPS) is 10.6. The first-order valence-electron chi connectivity index (χ1n) is 6.63. The number of hydrazone groups is 1. The number of nitro benzene ring substituents is 1. The summed E-state index contributed by atoms with van der Waals surface area (Å²) in [6.45, 7) is 3.88. The molecular formula is C16H15N3O3. The molecule has 1 amide bonds. The number of rotatable bonds is 4. The smallest absolute Gasteiger partial charge is 0.267 e. The zero-order valence-electron chi connectivity index (χ0n) is 12.2. The summed E-state index contributed by atoms with van der Waals surface area (Å²) in [7, 11) is 0. The van der Waals surface area contributed by atoms with E-state index in [0.29, 0.717) is 11.1 Å². The molecule has 22 heavy (non-hydrogen) atoms. The van der Waals surface area contributed by atoms with E-state index in [9.17, 15) is 14.9 Å². The van der Waals surface area contributed by atoms with Gasteiger partial charge in [-0.15, -0.1) is 0 Å². The van der Waals surface area contributed by atoms with Crippen molar-refractivity contribution >= 4 is 17.8 Å². The number of nitrogens with one attached hydrogen (secondary N) is 1. The molecule has 0 aliphatic heterocycles.